The van der Waals surface area contributed by atoms with Crippen molar-refractivity contribution in [3.63, 3.8) is 0 Å². The van der Waals surface area contributed by atoms with E-state index in [4.69, 9.17) is 9.97 Å². The van der Waals surface area contributed by atoms with E-state index in [1.165, 1.54) is 47.3 Å². The van der Waals surface area contributed by atoms with Crippen LogP contribution in [0, 0.1) is 12.8 Å². The summed E-state index contributed by atoms with van der Waals surface area (Å²) in [7, 11) is 0. The zero-order valence-electron chi connectivity index (χ0n) is 21.2. The first-order valence-corrected chi connectivity index (χ1v) is 13.4. The topological polar surface area (TPSA) is 35.5 Å². The second-order valence-corrected chi connectivity index (χ2v) is 10.5. The molecule has 1 unspecified atom stereocenters. The number of anilines is 1. The lowest BCUT2D eigenvalue weighted by atomic mass is 9.91. The van der Waals surface area contributed by atoms with Crippen LogP contribution in [0.15, 0.2) is 42.7 Å². The van der Waals surface area contributed by atoms with Gasteiger partial charge in [-0.2, -0.15) is 0 Å². The Morgan fingerprint density at radius 1 is 1.03 bits per heavy atom. The number of benzene rings is 1. The predicted molar refractivity (Wildman–Crippen MR) is 140 cm³/mol. The van der Waals surface area contributed by atoms with Gasteiger partial charge < -0.3 is 9.80 Å². The van der Waals surface area contributed by atoms with Gasteiger partial charge in [0.05, 0.1) is 5.69 Å². The molecule has 2 aromatic rings. The highest BCUT2D eigenvalue weighted by molar-refractivity contribution is 5.35. The van der Waals surface area contributed by atoms with E-state index >= 15 is 0 Å². The van der Waals surface area contributed by atoms with Crippen LogP contribution >= 0.6 is 0 Å². The summed E-state index contributed by atoms with van der Waals surface area (Å²) in [5.41, 5.74) is 6.58. The number of hydrogen-bond donors (Lipinski definition) is 0. The summed E-state index contributed by atoms with van der Waals surface area (Å²) in [5, 5.41) is 0. The average Bonchev–Trinajstić information content (AvgIpc) is 3.05. The van der Waals surface area contributed by atoms with Gasteiger partial charge in [-0.25, -0.2) is 9.97 Å². The Bertz CT molecular complexity index is 973. The van der Waals surface area contributed by atoms with Gasteiger partial charge >= 0.3 is 0 Å². The number of piperazine rings is 1. The fourth-order valence-corrected chi connectivity index (χ4v) is 5.71. The van der Waals surface area contributed by atoms with Gasteiger partial charge in [0.15, 0.2) is 0 Å². The third-order valence-electron chi connectivity index (χ3n) is 8.37. The van der Waals surface area contributed by atoms with Crippen molar-refractivity contribution in [1.82, 2.24) is 19.8 Å². The zero-order chi connectivity index (χ0) is 23.5. The van der Waals surface area contributed by atoms with E-state index in [0.29, 0.717) is 5.92 Å². The van der Waals surface area contributed by atoms with Gasteiger partial charge in [-0.15, -0.1) is 0 Å². The lowest BCUT2D eigenvalue weighted by Gasteiger charge is -2.43. The van der Waals surface area contributed by atoms with Crippen molar-refractivity contribution in [3.8, 4) is 0 Å². The zero-order valence-corrected chi connectivity index (χ0v) is 21.2. The number of aryl methyl sites for hydroxylation is 1. The van der Waals surface area contributed by atoms with E-state index in [0.717, 1.165) is 76.9 Å². The molecule has 182 valence electrons. The Kier molecular flexibility index (Phi) is 7.19. The second kappa shape index (κ2) is 10.5. The molecular formula is C29H41N5. The third kappa shape index (κ3) is 5.14. The summed E-state index contributed by atoms with van der Waals surface area (Å²) >= 11 is 0. The minimum absolute atomic E-state index is 0.484. The SMILES string of the molecule is C=C(C(CC)Cc1ccc(C)cc1)N1CCc2cnc(N3CCN(C4CCC4)CC3)nc2CC1. The molecule has 1 aromatic carbocycles. The number of allylic oxidation sites excluding steroid dienone is 1. The van der Waals surface area contributed by atoms with Crippen LogP contribution in [0.2, 0.25) is 0 Å². The summed E-state index contributed by atoms with van der Waals surface area (Å²) in [4.78, 5) is 17.5. The quantitative estimate of drug-likeness (QED) is 0.603. The Morgan fingerprint density at radius 2 is 1.76 bits per heavy atom. The van der Waals surface area contributed by atoms with Crippen LogP contribution in [-0.2, 0) is 19.3 Å². The predicted octanol–water partition coefficient (Wildman–Crippen LogP) is 4.64. The molecule has 2 fully saturated rings. The summed E-state index contributed by atoms with van der Waals surface area (Å²) in [5.74, 6) is 1.42. The Morgan fingerprint density at radius 3 is 2.44 bits per heavy atom. The van der Waals surface area contributed by atoms with Crippen molar-refractivity contribution in [3.05, 3.63) is 65.1 Å². The average molecular weight is 460 g/mol. The van der Waals surface area contributed by atoms with E-state index in [1.807, 2.05) is 0 Å². The maximum absolute atomic E-state index is 5.08. The summed E-state index contributed by atoms with van der Waals surface area (Å²) < 4.78 is 0. The molecule has 0 amide bonds. The number of hydrogen-bond acceptors (Lipinski definition) is 5. The highest BCUT2D eigenvalue weighted by Gasteiger charge is 2.29. The molecule has 0 N–H and O–H groups in total. The standard InChI is InChI=1S/C29H41N5/c1-4-25(20-24-10-8-22(2)9-11-24)23(3)32-14-12-26-21-30-29(31-28(26)13-15-32)34-18-16-33(17-19-34)27-6-5-7-27/h8-11,21,25,27H,3-7,12-20H2,1-2H3. The first-order chi connectivity index (χ1) is 16.6. The molecular weight excluding hydrogens is 418 g/mol. The van der Waals surface area contributed by atoms with Crippen LogP contribution in [0.3, 0.4) is 0 Å². The molecule has 5 rings (SSSR count). The monoisotopic (exact) mass is 459 g/mol. The maximum Gasteiger partial charge on any atom is 0.225 e. The first kappa shape index (κ1) is 23.3. The molecule has 34 heavy (non-hydrogen) atoms. The Labute approximate surface area is 205 Å². The van der Waals surface area contributed by atoms with Crippen LogP contribution in [0.25, 0.3) is 0 Å². The van der Waals surface area contributed by atoms with E-state index in [-0.39, 0.29) is 0 Å². The molecule has 3 heterocycles. The van der Waals surface area contributed by atoms with Crippen molar-refractivity contribution in [1.29, 1.82) is 0 Å². The van der Waals surface area contributed by atoms with Gasteiger partial charge in [0.1, 0.15) is 0 Å². The highest BCUT2D eigenvalue weighted by atomic mass is 15.3. The van der Waals surface area contributed by atoms with E-state index in [1.54, 1.807) is 0 Å². The maximum atomic E-state index is 5.08. The molecule has 0 spiro atoms. The van der Waals surface area contributed by atoms with Crippen molar-refractivity contribution in [2.45, 2.75) is 64.8 Å². The summed E-state index contributed by atoms with van der Waals surface area (Å²) in [6, 6.07) is 9.82. The molecule has 1 atom stereocenters. The molecule has 5 nitrogen and oxygen atoms in total. The van der Waals surface area contributed by atoms with Crippen molar-refractivity contribution >= 4 is 5.95 Å². The molecule has 1 aromatic heterocycles. The van der Waals surface area contributed by atoms with Gasteiger partial charge in [-0.05, 0) is 50.2 Å². The summed E-state index contributed by atoms with van der Waals surface area (Å²) in [6.07, 6.45) is 10.5. The number of rotatable bonds is 7. The van der Waals surface area contributed by atoms with Crippen LogP contribution in [0.5, 0.6) is 0 Å². The minimum Gasteiger partial charge on any atom is -0.374 e. The molecule has 2 aliphatic heterocycles. The van der Waals surface area contributed by atoms with Gasteiger partial charge in [-0.3, -0.25) is 4.90 Å². The molecule has 0 radical (unpaired) electrons. The molecule has 0 bridgehead atoms. The van der Waals surface area contributed by atoms with Crippen LogP contribution in [0.1, 0.15) is 55.0 Å². The van der Waals surface area contributed by atoms with Gasteiger partial charge in [0.25, 0.3) is 0 Å². The van der Waals surface area contributed by atoms with Crippen LogP contribution in [-0.4, -0.2) is 65.1 Å². The van der Waals surface area contributed by atoms with Gasteiger partial charge in [0.2, 0.25) is 5.95 Å². The Hall–Kier alpha value is -2.40. The smallest absolute Gasteiger partial charge is 0.225 e. The molecule has 5 heteroatoms. The highest BCUT2D eigenvalue weighted by Crippen LogP contribution is 2.28. The molecule has 3 aliphatic rings. The minimum atomic E-state index is 0.484. The largest absolute Gasteiger partial charge is 0.374 e. The second-order valence-electron chi connectivity index (χ2n) is 10.5. The fraction of sp³-hybridized carbons (Fsp3) is 0.586. The molecule has 1 saturated heterocycles. The Balaban J connectivity index is 1.19. The number of nitrogens with zero attached hydrogens (tertiary/aromatic N) is 5. The molecule has 1 saturated carbocycles. The van der Waals surface area contributed by atoms with E-state index < -0.39 is 0 Å². The number of fused-ring (bicyclic) bond motifs is 1. The van der Waals surface area contributed by atoms with E-state index in [2.05, 4.69) is 65.6 Å². The van der Waals surface area contributed by atoms with Crippen LogP contribution in [0.4, 0.5) is 5.95 Å². The molecule has 1 aliphatic carbocycles. The lowest BCUT2D eigenvalue weighted by Crippen LogP contribution is -2.52. The fourth-order valence-electron chi connectivity index (χ4n) is 5.71. The van der Waals surface area contributed by atoms with Gasteiger partial charge in [-0.1, -0.05) is 49.8 Å². The van der Waals surface area contributed by atoms with Crippen molar-refractivity contribution < 1.29 is 0 Å². The summed E-state index contributed by atoms with van der Waals surface area (Å²) in [6.45, 7) is 15.4. The van der Waals surface area contributed by atoms with Crippen LogP contribution < -0.4 is 4.90 Å². The third-order valence-corrected chi connectivity index (χ3v) is 8.37. The lowest BCUT2D eigenvalue weighted by molar-refractivity contribution is 0.120. The van der Waals surface area contributed by atoms with Gasteiger partial charge in [0, 0.05) is 69.5 Å². The normalized spacial score (nSPS) is 20.4. The van der Waals surface area contributed by atoms with Crippen molar-refractivity contribution in [2.75, 3.05) is 44.2 Å². The van der Waals surface area contributed by atoms with E-state index in [9.17, 15) is 0 Å². The van der Waals surface area contributed by atoms with Crippen molar-refractivity contribution in [2.24, 2.45) is 5.92 Å². The first-order valence-electron chi connectivity index (χ1n) is 13.4. The number of aromatic nitrogens is 2.